The first kappa shape index (κ1) is 16.1. The lowest BCUT2D eigenvalue weighted by molar-refractivity contribution is -0.118. The van der Waals surface area contributed by atoms with Gasteiger partial charge in [-0.3, -0.25) is 4.79 Å². The molecule has 21 heavy (non-hydrogen) atoms. The maximum atomic E-state index is 12.4. The number of methoxy groups -OCH3 is 1. The molecule has 1 aromatic carbocycles. The Bertz CT molecular complexity index is 527. The molecule has 2 aliphatic rings. The lowest BCUT2D eigenvalue weighted by atomic mass is 9.91. The number of piperidine rings is 1. The van der Waals surface area contributed by atoms with Gasteiger partial charge in [0.15, 0.2) is 0 Å². The van der Waals surface area contributed by atoms with Crippen LogP contribution in [-0.2, 0) is 4.79 Å². The molecule has 1 unspecified atom stereocenters. The summed E-state index contributed by atoms with van der Waals surface area (Å²) in [5.41, 5.74) is 2.22. The summed E-state index contributed by atoms with van der Waals surface area (Å²) in [4.78, 5) is 12.4. The van der Waals surface area contributed by atoms with Gasteiger partial charge in [0.1, 0.15) is 5.75 Å². The quantitative estimate of drug-likeness (QED) is 0.902. The van der Waals surface area contributed by atoms with E-state index in [2.05, 4.69) is 10.6 Å². The minimum Gasteiger partial charge on any atom is -0.497 e. The molecule has 0 bridgehead atoms. The molecule has 2 N–H and O–H groups in total. The smallest absolute Gasteiger partial charge is 0.228 e. The normalized spacial score (nSPS) is 22.3. The second-order valence-electron chi connectivity index (χ2n) is 6.04. The predicted octanol–water partition coefficient (Wildman–Crippen LogP) is 2.75. The van der Waals surface area contributed by atoms with E-state index in [1.165, 1.54) is 0 Å². The van der Waals surface area contributed by atoms with Crippen LogP contribution in [0.15, 0.2) is 18.2 Å². The average Bonchev–Trinajstić information content (AvgIpc) is 3.15. The van der Waals surface area contributed by atoms with Crippen molar-refractivity contribution in [1.82, 2.24) is 5.32 Å². The molecule has 2 fully saturated rings. The summed E-state index contributed by atoms with van der Waals surface area (Å²) in [5, 5.41) is 6.45. The number of nitrogens with one attached hydrogen (secondary N) is 2. The SMILES string of the molecule is COc1ccc(NC(=O)C2CC23CCNCC3)c(C)c1.Cl. The number of amides is 1. The summed E-state index contributed by atoms with van der Waals surface area (Å²) >= 11 is 0. The van der Waals surface area contributed by atoms with Crippen LogP contribution in [-0.4, -0.2) is 26.1 Å². The van der Waals surface area contributed by atoms with Crippen molar-refractivity contribution in [3.8, 4) is 5.75 Å². The second kappa shape index (κ2) is 6.24. The van der Waals surface area contributed by atoms with Crippen LogP contribution in [0.1, 0.15) is 24.8 Å². The van der Waals surface area contributed by atoms with Gasteiger partial charge < -0.3 is 15.4 Å². The minimum absolute atomic E-state index is 0. The van der Waals surface area contributed by atoms with Gasteiger partial charge in [-0.25, -0.2) is 0 Å². The van der Waals surface area contributed by atoms with Gasteiger partial charge in [0.05, 0.1) is 7.11 Å². The number of rotatable bonds is 3. The molecule has 1 aliphatic heterocycles. The molecule has 1 aromatic rings. The highest BCUT2D eigenvalue weighted by Crippen LogP contribution is 2.58. The number of hydrogen-bond acceptors (Lipinski definition) is 3. The number of halogens is 1. The summed E-state index contributed by atoms with van der Waals surface area (Å²) in [7, 11) is 1.65. The fourth-order valence-corrected chi connectivity index (χ4v) is 3.32. The average molecular weight is 311 g/mol. The molecule has 1 atom stereocenters. The van der Waals surface area contributed by atoms with E-state index in [-0.39, 0.29) is 29.6 Å². The van der Waals surface area contributed by atoms with Crippen molar-refractivity contribution in [2.45, 2.75) is 26.2 Å². The Balaban J connectivity index is 0.00000161. The molecule has 116 valence electrons. The van der Waals surface area contributed by atoms with E-state index in [9.17, 15) is 4.79 Å². The summed E-state index contributed by atoms with van der Waals surface area (Å²) in [6.07, 6.45) is 3.31. The zero-order chi connectivity index (χ0) is 14.2. The van der Waals surface area contributed by atoms with E-state index in [4.69, 9.17) is 4.74 Å². The molecule has 0 aromatic heterocycles. The summed E-state index contributed by atoms with van der Waals surface area (Å²) in [6.45, 7) is 4.09. The van der Waals surface area contributed by atoms with Crippen molar-refractivity contribution in [3.63, 3.8) is 0 Å². The third-order valence-corrected chi connectivity index (χ3v) is 4.80. The van der Waals surface area contributed by atoms with Gasteiger partial charge in [-0.2, -0.15) is 0 Å². The molecule has 5 heteroatoms. The van der Waals surface area contributed by atoms with Crippen LogP contribution in [0.2, 0.25) is 0 Å². The number of carbonyl (C=O) groups is 1. The van der Waals surface area contributed by atoms with Gasteiger partial charge in [-0.05, 0) is 68.5 Å². The monoisotopic (exact) mass is 310 g/mol. The van der Waals surface area contributed by atoms with Crippen molar-refractivity contribution in [1.29, 1.82) is 0 Å². The van der Waals surface area contributed by atoms with Crippen LogP contribution in [0.25, 0.3) is 0 Å². The second-order valence-corrected chi connectivity index (χ2v) is 6.04. The first-order chi connectivity index (χ1) is 9.64. The molecule has 1 saturated heterocycles. The van der Waals surface area contributed by atoms with Crippen molar-refractivity contribution in [2.24, 2.45) is 11.3 Å². The fraction of sp³-hybridized carbons (Fsp3) is 0.562. The maximum Gasteiger partial charge on any atom is 0.228 e. The highest BCUT2D eigenvalue weighted by atomic mass is 35.5. The Hall–Kier alpha value is -1.26. The largest absolute Gasteiger partial charge is 0.497 e. The molecule has 0 radical (unpaired) electrons. The molecule has 1 aliphatic carbocycles. The molecule has 1 heterocycles. The van der Waals surface area contributed by atoms with Gasteiger partial charge in [0.2, 0.25) is 5.91 Å². The van der Waals surface area contributed by atoms with Crippen molar-refractivity contribution < 1.29 is 9.53 Å². The first-order valence-electron chi connectivity index (χ1n) is 7.31. The highest BCUT2D eigenvalue weighted by Gasteiger charge is 2.57. The minimum atomic E-state index is 0. The maximum absolute atomic E-state index is 12.4. The van der Waals surface area contributed by atoms with Gasteiger partial charge in [-0.1, -0.05) is 0 Å². The molecule has 1 spiro atoms. The first-order valence-corrected chi connectivity index (χ1v) is 7.31. The fourth-order valence-electron chi connectivity index (χ4n) is 3.32. The molecule has 3 rings (SSSR count). The highest BCUT2D eigenvalue weighted by molar-refractivity contribution is 5.95. The number of benzene rings is 1. The van der Waals surface area contributed by atoms with E-state index >= 15 is 0 Å². The molecular formula is C16H23ClN2O2. The Morgan fingerprint density at radius 3 is 2.71 bits per heavy atom. The topological polar surface area (TPSA) is 50.4 Å². The van der Waals surface area contributed by atoms with E-state index in [0.29, 0.717) is 0 Å². The third-order valence-electron chi connectivity index (χ3n) is 4.80. The zero-order valence-electron chi connectivity index (χ0n) is 12.6. The van der Waals surface area contributed by atoms with Crippen LogP contribution < -0.4 is 15.4 Å². The number of carbonyl (C=O) groups excluding carboxylic acids is 1. The number of ether oxygens (including phenoxy) is 1. The van der Waals surface area contributed by atoms with Crippen LogP contribution in [0.5, 0.6) is 5.75 Å². The van der Waals surface area contributed by atoms with Crippen molar-refractivity contribution in [2.75, 3.05) is 25.5 Å². The Labute approximate surface area is 132 Å². The van der Waals surface area contributed by atoms with Gasteiger partial charge in [0, 0.05) is 11.6 Å². The van der Waals surface area contributed by atoms with E-state index in [1.807, 2.05) is 25.1 Å². The number of aryl methyl sites for hydroxylation is 1. The zero-order valence-corrected chi connectivity index (χ0v) is 13.4. The van der Waals surface area contributed by atoms with E-state index in [1.54, 1.807) is 7.11 Å². The van der Waals surface area contributed by atoms with Crippen molar-refractivity contribution in [3.05, 3.63) is 23.8 Å². The standard InChI is InChI=1S/C16H22N2O2.ClH/c1-11-9-12(20-2)3-4-14(11)18-15(19)13-10-16(13)5-7-17-8-6-16;/h3-4,9,13,17H,5-8,10H2,1-2H3,(H,18,19);1H. The van der Waals surface area contributed by atoms with Crippen LogP contribution in [0.4, 0.5) is 5.69 Å². The lowest BCUT2D eigenvalue weighted by Gasteiger charge is -2.23. The predicted molar refractivity (Wildman–Crippen MR) is 86.3 cm³/mol. The Morgan fingerprint density at radius 2 is 2.10 bits per heavy atom. The number of hydrogen-bond donors (Lipinski definition) is 2. The Morgan fingerprint density at radius 1 is 1.38 bits per heavy atom. The van der Waals surface area contributed by atoms with Gasteiger partial charge >= 0.3 is 0 Å². The number of anilines is 1. The molecule has 4 nitrogen and oxygen atoms in total. The summed E-state index contributed by atoms with van der Waals surface area (Å²) in [6, 6.07) is 5.75. The van der Waals surface area contributed by atoms with Crippen LogP contribution >= 0.6 is 12.4 Å². The van der Waals surface area contributed by atoms with Gasteiger partial charge in [-0.15, -0.1) is 12.4 Å². The summed E-state index contributed by atoms with van der Waals surface area (Å²) < 4.78 is 5.19. The molecule has 1 amide bonds. The molecule has 1 saturated carbocycles. The van der Waals surface area contributed by atoms with E-state index in [0.717, 1.165) is 49.4 Å². The Kier molecular flexibility index (Phi) is 4.79. The van der Waals surface area contributed by atoms with Gasteiger partial charge in [0.25, 0.3) is 0 Å². The van der Waals surface area contributed by atoms with Crippen LogP contribution in [0.3, 0.4) is 0 Å². The van der Waals surface area contributed by atoms with Crippen molar-refractivity contribution >= 4 is 24.0 Å². The molecular weight excluding hydrogens is 288 g/mol. The third kappa shape index (κ3) is 3.16. The lowest BCUT2D eigenvalue weighted by Crippen LogP contribution is -2.31. The van der Waals surface area contributed by atoms with Crippen LogP contribution in [0, 0.1) is 18.3 Å². The van der Waals surface area contributed by atoms with E-state index < -0.39 is 0 Å². The summed E-state index contributed by atoms with van der Waals surface area (Å²) in [5.74, 6) is 1.20.